The first-order chi connectivity index (χ1) is 7.44. The van der Waals surface area contributed by atoms with Crippen molar-refractivity contribution in [2.75, 3.05) is 5.75 Å². The number of carbonyl (C=O) groups excluding carboxylic acids is 1. The van der Waals surface area contributed by atoms with Gasteiger partial charge in [0.1, 0.15) is 0 Å². The minimum Gasteiger partial charge on any atom is -0.266 e. The lowest BCUT2D eigenvalue weighted by atomic mass is 10.2. The lowest BCUT2D eigenvalue weighted by Gasteiger charge is -2.02. The van der Waals surface area contributed by atoms with Crippen molar-refractivity contribution in [1.29, 1.82) is 0 Å². The number of benzene rings is 1. The van der Waals surface area contributed by atoms with Gasteiger partial charge < -0.3 is 0 Å². The molecule has 0 fully saturated rings. The number of sulfonamides is 1. The Balaban J connectivity index is 2.77. The Morgan fingerprint density at radius 2 is 1.88 bits per heavy atom. The summed E-state index contributed by atoms with van der Waals surface area (Å²) in [6.07, 6.45) is 0.444. The Labute approximate surface area is 103 Å². The normalized spacial score (nSPS) is 11.1. The molecule has 0 unspecified atom stereocenters. The highest BCUT2D eigenvalue weighted by Gasteiger charge is 2.17. The summed E-state index contributed by atoms with van der Waals surface area (Å²) in [5.74, 6) is -0.823. The molecule has 1 radical (unpaired) electrons. The highest BCUT2D eigenvalue weighted by atomic mass is 79.9. The zero-order chi connectivity index (χ0) is 12.2. The fraction of sp³-hybridized carbons (Fsp3) is 0.300. The molecule has 1 aromatic carbocycles. The van der Waals surface area contributed by atoms with Gasteiger partial charge >= 0.3 is 0 Å². The topological polar surface area (TPSA) is 65.3 Å². The third-order valence-corrected chi connectivity index (χ3v) is 3.67. The molecule has 0 aromatic heterocycles. The van der Waals surface area contributed by atoms with Gasteiger partial charge in [-0.25, -0.2) is 8.42 Å². The summed E-state index contributed by atoms with van der Waals surface area (Å²) in [7, 11) is -3.63. The zero-order valence-corrected chi connectivity index (χ0v) is 11.1. The number of halogens is 1. The molecule has 0 heterocycles. The molecule has 6 heteroatoms. The Morgan fingerprint density at radius 3 is 2.38 bits per heavy atom. The molecule has 0 N–H and O–H groups in total. The molecule has 1 rings (SSSR count). The van der Waals surface area contributed by atoms with E-state index in [4.69, 9.17) is 0 Å². The van der Waals surface area contributed by atoms with Crippen LogP contribution in [0.3, 0.4) is 0 Å². The summed E-state index contributed by atoms with van der Waals surface area (Å²) in [6.45, 7) is 1.72. The molecular formula is C10H11BrNO3S. The van der Waals surface area contributed by atoms with Crippen LogP contribution in [0.5, 0.6) is 0 Å². The van der Waals surface area contributed by atoms with Gasteiger partial charge in [-0.2, -0.15) is 0 Å². The summed E-state index contributed by atoms with van der Waals surface area (Å²) < 4.78 is 26.6. The quantitative estimate of drug-likeness (QED) is 0.854. The molecule has 1 amide bonds. The van der Waals surface area contributed by atoms with E-state index in [1.165, 1.54) is 12.1 Å². The first-order valence-corrected chi connectivity index (χ1v) is 7.10. The van der Waals surface area contributed by atoms with E-state index in [1.54, 1.807) is 19.1 Å². The Morgan fingerprint density at radius 1 is 1.31 bits per heavy atom. The maximum absolute atomic E-state index is 11.5. The van der Waals surface area contributed by atoms with Crippen molar-refractivity contribution in [1.82, 2.24) is 4.72 Å². The maximum Gasteiger partial charge on any atom is 0.287 e. The van der Waals surface area contributed by atoms with E-state index in [0.29, 0.717) is 6.42 Å². The molecule has 87 valence electrons. The van der Waals surface area contributed by atoms with E-state index in [2.05, 4.69) is 20.7 Å². The van der Waals surface area contributed by atoms with Gasteiger partial charge in [-0.05, 0) is 30.7 Å². The van der Waals surface area contributed by atoms with Crippen LogP contribution in [0.4, 0.5) is 0 Å². The molecule has 16 heavy (non-hydrogen) atoms. The van der Waals surface area contributed by atoms with Crippen LogP contribution in [-0.4, -0.2) is 20.1 Å². The molecule has 0 bridgehead atoms. The smallest absolute Gasteiger partial charge is 0.266 e. The number of carbonyl (C=O) groups is 1. The van der Waals surface area contributed by atoms with Gasteiger partial charge in [0.2, 0.25) is 0 Å². The minimum absolute atomic E-state index is 0.102. The van der Waals surface area contributed by atoms with Crippen molar-refractivity contribution in [3.63, 3.8) is 0 Å². The average molecular weight is 305 g/mol. The summed E-state index contributed by atoms with van der Waals surface area (Å²) in [6, 6.07) is 6.37. The van der Waals surface area contributed by atoms with Crippen molar-refractivity contribution in [3.8, 4) is 0 Å². The summed E-state index contributed by atoms with van der Waals surface area (Å²) in [5.41, 5.74) is 0.267. The second kappa shape index (κ2) is 5.45. The van der Waals surface area contributed by atoms with Gasteiger partial charge in [0, 0.05) is 10.0 Å². The largest absolute Gasteiger partial charge is 0.287 e. The van der Waals surface area contributed by atoms with E-state index >= 15 is 0 Å². The number of nitrogens with zero attached hydrogens (tertiary/aromatic N) is 1. The second-order valence-corrected chi connectivity index (χ2v) is 5.86. The van der Waals surface area contributed by atoms with Gasteiger partial charge in [0.15, 0.2) is 0 Å². The average Bonchev–Trinajstić information content (AvgIpc) is 2.17. The number of rotatable bonds is 4. The van der Waals surface area contributed by atoms with Gasteiger partial charge in [-0.3, -0.25) is 4.79 Å². The molecule has 1 aromatic rings. The van der Waals surface area contributed by atoms with Crippen LogP contribution < -0.4 is 4.72 Å². The Hall–Kier alpha value is -0.880. The number of hydrogen-bond donors (Lipinski definition) is 0. The molecule has 0 aliphatic heterocycles. The molecular weight excluding hydrogens is 294 g/mol. The lowest BCUT2D eigenvalue weighted by molar-refractivity contribution is 0.0978. The predicted octanol–water partition coefficient (Wildman–Crippen LogP) is 1.93. The number of amides is 1. The van der Waals surface area contributed by atoms with Crippen LogP contribution >= 0.6 is 15.9 Å². The third-order valence-electron chi connectivity index (χ3n) is 1.78. The second-order valence-electron chi connectivity index (χ2n) is 3.19. The monoisotopic (exact) mass is 304 g/mol. The van der Waals surface area contributed by atoms with E-state index in [0.717, 1.165) is 4.47 Å². The molecule has 0 spiro atoms. The van der Waals surface area contributed by atoms with E-state index in [-0.39, 0.29) is 11.3 Å². The zero-order valence-electron chi connectivity index (χ0n) is 8.68. The third kappa shape index (κ3) is 3.94. The summed E-state index contributed by atoms with van der Waals surface area (Å²) in [4.78, 5) is 11.5. The SMILES string of the molecule is CCCS(=O)(=O)[N]C(=O)c1ccc(Br)cc1. The summed E-state index contributed by atoms with van der Waals surface area (Å²) >= 11 is 3.22. The highest BCUT2D eigenvalue weighted by Crippen LogP contribution is 2.11. The van der Waals surface area contributed by atoms with Crippen molar-refractivity contribution >= 4 is 31.9 Å². The fourth-order valence-corrected chi connectivity index (χ4v) is 2.30. The van der Waals surface area contributed by atoms with Crippen molar-refractivity contribution in [2.45, 2.75) is 13.3 Å². The van der Waals surface area contributed by atoms with Crippen molar-refractivity contribution < 1.29 is 13.2 Å². The van der Waals surface area contributed by atoms with Crippen molar-refractivity contribution in [3.05, 3.63) is 34.3 Å². The number of hydrogen-bond acceptors (Lipinski definition) is 3. The van der Waals surface area contributed by atoms with Crippen molar-refractivity contribution in [2.24, 2.45) is 0 Å². The Bertz CT molecular complexity index is 467. The van der Waals surface area contributed by atoms with Crippen LogP contribution in [0.25, 0.3) is 0 Å². The van der Waals surface area contributed by atoms with Gasteiger partial charge in [-0.15, -0.1) is 4.72 Å². The Kier molecular flexibility index (Phi) is 4.49. The van der Waals surface area contributed by atoms with E-state index in [1.807, 2.05) is 0 Å². The molecule has 0 atom stereocenters. The maximum atomic E-state index is 11.5. The van der Waals surface area contributed by atoms with Gasteiger partial charge in [0.05, 0.1) is 5.75 Å². The van der Waals surface area contributed by atoms with Crippen LogP contribution in [0.1, 0.15) is 23.7 Å². The van der Waals surface area contributed by atoms with E-state index < -0.39 is 15.9 Å². The highest BCUT2D eigenvalue weighted by molar-refractivity contribution is 9.10. The van der Waals surface area contributed by atoms with Gasteiger partial charge in [-0.1, -0.05) is 22.9 Å². The standard InChI is InChI=1S/C10H11BrNO3S/c1-2-7-16(14,15)12-10(13)8-3-5-9(11)6-4-8/h3-6H,2,7H2,1H3. The molecule has 4 nitrogen and oxygen atoms in total. The van der Waals surface area contributed by atoms with E-state index in [9.17, 15) is 13.2 Å². The van der Waals surface area contributed by atoms with Crippen LogP contribution in [0.2, 0.25) is 0 Å². The van der Waals surface area contributed by atoms with Crippen LogP contribution in [0.15, 0.2) is 28.7 Å². The van der Waals surface area contributed by atoms with Crippen LogP contribution in [-0.2, 0) is 10.0 Å². The summed E-state index contributed by atoms with van der Waals surface area (Å²) in [5, 5.41) is 0. The first-order valence-electron chi connectivity index (χ1n) is 4.70. The molecule has 0 saturated carbocycles. The lowest BCUT2D eigenvalue weighted by Crippen LogP contribution is -2.25. The first kappa shape index (κ1) is 13.2. The van der Waals surface area contributed by atoms with Crippen LogP contribution in [0, 0.1) is 0 Å². The predicted molar refractivity (Wildman–Crippen MR) is 64.7 cm³/mol. The molecule has 0 aliphatic carbocycles. The minimum atomic E-state index is -3.63. The molecule has 0 aliphatic rings. The molecule has 0 saturated heterocycles. The fourth-order valence-electron chi connectivity index (χ4n) is 1.08. The van der Waals surface area contributed by atoms with Gasteiger partial charge in [0.25, 0.3) is 15.9 Å².